The van der Waals surface area contributed by atoms with Crippen molar-refractivity contribution in [3.8, 4) is 0 Å². The summed E-state index contributed by atoms with van der Waals surface area (Å²) < 4.78 is 10.8. The molecule has 152 valence electrons. The molecule has 6 nitrogen and oxygen atoms in total. The van der Waals surface area contributed by atoms with Crippen LogP contribution in [-0.4, -0.2) is 54.5 Å². The molecule has 0 aromatic heterocycles. The fourth-order valence-electron chi connectivity index (χ4n) is 3.29. The highest BCUT2D eigenvalue weighted by atomic mass is 35.5. The molecule has 29 heavy (non-hydrogen) atoms. The maximum absolute atomic E-state index is 12.8. The number of esters is 1. The van der Waals surface area contributed by atoms with E-state index in [2.05, 4.69) is 0 Å². The van der Waals surface area contributed by atoms with Gasteiger partial charge in [0.25, 0.3) is 5.91 Å². The van der Waals surface area contributed by atoms with Gasteiger partial charge in [-0.15, -0.1) is 0 Å². The molecule has 0 saturated carbocycles. The highest BCUT2D eigenvalue weighted by Gasteiger charge is 2.27. The summed E-state index contributed by atoms with van der Waals surface area (Å²) in [7, 11) is 0. The van der Waals surface area contributed by atoms with Crippen LogP contribution in [0.3, 0.4) is 0 Å². The highest BCUT2D eigenvalue weighted by Crippen LogP contribution is 2.18. The van der Waals surface area contributed by atoms with E-state index in [1.165, 1.54) is 6.07 Å². The molecular formula is C22H22ClNO5. The lowest BCUT2D eigenvalue weighted by Gasteiger charge is -2.35. The molecule has 1 aliphatic heterocycles. The molecule has 3 rings (SSSR count). The largest absolute Gasteiger partial charge is 0.452 e. The van der Waals surface area contributed by atoms with Crippen molar-refractivity contribution in [1.82, 2.24) is 4.90 Å². The predicted molar refractivity (Wildman–Crippen MR) is 108 cm³/mol. The minimum atomic E-state index is -0.717. The third-order valence-electron chi connectivity index (χ3n) is 4.60. The predicted octanol–water partition coefficient (Wildman–Crippen LogP) is 3.36. The Morgan fingerprint density at radius 1 is 1.00 bits per heavy atom. The topological polar surface area (TPSA) is 72.9 Å². The van der Waals surface area contributed by atoms with E-state index >= 15 is 0 Å². The number of ketones is 1. The lowest BCUT2D eigenvalue weighted by atomic mass is 9.98. The van der Waals surface area contributed by atoms with Gasteiger partial charge in [-0.25, -0.2) is 4.79 Å². The summed E-state index contributed by atoms with van der Waals surface area (Å²) in [5.74, 6) is -1.33. The van der Waals surface area contributed by atoms with E-state index in [0.717, 1.165) is 0 Å². The fourth-order valence-corrected chi connectivity index (χ4v) is 3.42. The summed E-state index contributed by atoms with van der Waals surface area (Å²) in [4.78, 5) is 39.4. The molecule has 1 aliphatic rings. The monoisotopic (exact) mass is 415 g/mol. The van der Waals surface area contributed by atoms with E-state index in [1.807, 2.05) is 13.8 Å². The first-order chi connectivity index (χ1) is 13.8. The van der Waals surface area contributed by atoms with E-state index in [0.29, 0.717) is 23.7 Å². The van der Waals surface area contributed by atoms with E-state index in [1.54, 1.807) is 47.4 Å². The van der Waals surface area contributed by atoms with Crippen molar-refractivity contribution < 1.29 is 23.9 Å². The third-order valence-corrected chi connectivity index (χ3v) is 4.85. The number of morpholine rings is 1. The zero-order valence-corrected chi connectivity index (χ0v) is 17.0. The zero-order chi connectivity index (χ0) is 21.0. The molecule has 1 fully saturated rings. The molecule has 2 aromatic rings. The minimum absolute atomic E-state index is 0.0730. The lowest BCUT2D eigenvalue weighted by molar-refractivity contribution is -0.146. The number of benzene rings is 2. The Bertz CT molecular complexity index is 902. The van der Waals surface area contributed by atoms with Gasteiger partial charge in [0.2, 0.25) is 0 Å². The number of halogens is 1. The van der Waals surface area contributed by atoms with Gasteiger partial charge in [-0.2, -0.15) is 0 Å². The van der Waals surface area contributed by atoms with Crippen molar-refractivity contribution in [2.75, 3.05) is 19.7 Å². The van der Waals surface area contributed by atoms with Crippen LogP contribution in [0.1, 0.15) is 40.1 Å². The Labute approximate surface area is 174 Å². The van der Waals surface area contributed by atoms with E-state index in [9.17, 15) is 14.4 Å². The summed E-state index contributed by atoms with van der Waals surface area (Å²) in [5.41, 5.74) is 0.729. The second-order valence-corrected chi connectivity index (χ2v) is 7.45. The van der Waals surface area contributed by atoms with Crippen LogP contribution < -0.4 is 0 Å². The van der Waals surface area contributed by atoms with Crippen LogP contribution >= 0.6 is 11.6 Å². The van der Waals surface area contributed by atoms with Gasteiger partial charge in [-0.1, -0.05) is 29.8 Å². The summed E-state index contributed by atoms with van der Waals surface area (Å²) in [6.45, 7) is 4.29. The summed E-state index contributed by atoms with van der Waals surface area (Å²) in [6.07, 6.45) is -0.146. The average molecular weight is 416 g/mol. The molecule has 1 saturated heterocycles. The van der Waals surface area contributed by atoms with Gasteiger partial charge in [0, 0.05) is 29.2 Å². The Hall–Kier alpha value is -2.70. The molecule has 0 spiro atoms. The van der Waals surface area contributed by atoms with Crippen molar-refractivity contribution in [2.45, 2.75) is 26.1 Å². The number of hydrogen-bond donors (Lipinski definition) is 0. The number of ether oxygens (including phenoxy) is 2. The van der Waals surface area contributed by atoms with Crippen LogP contribution in [0.4, 0.5) is 0 Å². The van der Waals surface area contributed by atoms with Crippen LogP contribution in [0.2, 0.25) is 5.02 Å². The Morgan fingerprint density at radius 2 is 1.59 bits per heavy atom. The normalized spacial score (nSPS) is 18.9. The van der Waals surface area contributed by atoms with E-state index < -0.39 is 5.97 Å². The van der Waals surface area contributed by atoms with E-state index in [4.69, 9.17) is 21.1 Å². The zero-order valence-electron chi connectivity index (χ0n) is 16.3. The third kappa shape index (κ3) is 5.22. The van der Waals surface area contributed by atoms with Crippen LogP contribution in [0, 0.1) is 0 Å². The lowest BCUT2D eigenvalue weighted by Crippen LogP contribution is -2.49. The number of amides is 1. The van der Waals surface area contributed by atoms with Crippen molar-refractivity contribution in [2.24, 2.45) is 0 Å². The quantitative estimate of drug-likeness (QED) is 0.553. The number of carbonyl (C=O) groups is 3. The fraction of sp³-hybridized carbons (Fsp3) is 0.318. The second kappa shape index (κ2) is 9.20. The van der Waals surface area contributed by atoms with Crippen molar-refractivity contribution in [3.63, 3.8) is 0 Å². The van der Waals surface area contributed by atoms with Gasteiger partial charge >= 0.3 is 5.97 Å². The molecule has 2 atom stereocenters. The van der Waals surface area contributed by atoms with Crippen LogP contribution in [0.25, 0.3) is 0 Å². The molecule has 7 heteroatoms. The van der Waals surface area contributed by atoms with Gasteiger partial charge in [0.05, 0.1) is 17.8 Å². The molecule has 0 unspecified atom stereocenters. The van der Waals surface area contributed by atoms with Crippen LogP contribution in [-0.2, 0) is 14.3 Å². The Morgan fingerprint density at radius 3 is 2.21 bits per heavy atom. The highest BCUT2D eigenvalue weighted by molar-refractivity contribution is 6.30. The molecule has 0 aliphatic carbocycles. The molecule has 1 amide bonds. The molecule has 1 heterocycles. The van der Waals surface area contributed by atoms with Crippen molar-refractivity contribution in [3.05, 3.63) is 70.2 Å². The maximum atomic E-state index is 12.8. The van der Waals surface area contributed by atoms with Crippen LogP contribution in [0.15, 0.2) is 48.5 Å². The van der Waals surface area contributed by atoms with E-state index in [-0.39, 0.29) is 41.6 Å². The number of rotatable bonds is 5. The SMILES string of the molecule is C[C@@H]1CN(C(=O)COC(=O)c2ccccc2C(=O)c2ccc(Cl)cc2)C[C@H](C)O1. The standard InChI is InChI=1S/C22H22ClNO5/c1-14-11-24(12-15(2)29-14)20(25)13-28-22(27)19-6-4-3-5-18(19)21(26)16-7-9-17(23)10-8-16/h3-10,14-15H,11-13H2,1-2H3/t14-,15+. The first-order valence-corrected chi connectivity index (χ1v) is 9.72. The number of hydrogen-bond acceptors (Lipinski definition) is 5. The van der Waals surface area contributed by atoms with Gasteiger partial charge in [0.15, 0.2) is 12.4 Å². The molecule has 0 N–H and O–H groups in total. The first-order valence-electron chi connectivity index (χ1n) is 9.35. The summed E-state index contributed by atoms with van der Waals surface area (Å²) in [6, 6.07) is 12.8. The summed E-state index contributed by atoms with van der Waals surface area (Å²) in [5, 5.41) is 0.513. The van der Waals surface area contributed by atoms with Crippen molar-refractivity contribution >= 4 is 29.3 Å². The second-order valence-electron chi connectivity index (χ2n) is 7.01. The van der Waals surface area contributed by atoms with Gasteiger partial charge in [0.1, 0.15) is 0 Å². The molecule has 2 aromatic carbocycles. The maximum Gasteiger partial charge on any atom is 0.339 e. The molecule has 0 bridgehead atoms. The molecule has 0 radical (unpaired) electrons. The molecular weight excluding hydrogens is 394 g/mol. The van der Waals surface area contributed by atoms with Crippen molar-refractivity contribution in [1.29, 1.82) is 0 Å². The average Bonchev–Trinajstić information content (AvgIpc) is 2.71. The Kier molecular flexibility index (Phi) is 6.67. The van der Waals surface area contributed by atoms with Crippen LogP contribution in [0.5, 0.6) is 0 Å². The smallest absolute Gasteiger partial charge is 0.339 e. The van der Waals surface area contributed by atoms with Gasteiger partial charge < -0.3 is 14.4 Å². The minimum Gasteiger partial charge on any atom is -0.452 e. The first kappa shape index (κ1) is 21.0. The van der Waals surface area contributed by atoms with Gasteiger partial charge in [-0.3, -0.25) is 9.59 Å². The van der Waals surface area contributed by atoms with Gasteiger partial charge in [-0.05, 0) is 44.2 Å². The number of nitrogens with zero attached hydrogens (tertiary/aromatic N) is 1. The number of carbonyl (C=O) groups excluding carboxylic acids is 3. The summed E-state index contributed by atoms with van der Waals surface area (Å²) >= 11 is 5.87. The Balaban J connectivity index is 1.69.